The normalized spacial score (nSPS) is 19.5. The molecule has 0 aromatic heterocycles. The number of piperazine rings is 1. The average molecular weight is 353 g/mol. The Morgan fingerprint density at radius 1 is 1.16 bits per heavy atom. The van der Waals surface area contributed by atoms with Crippen molar-refractivity contribution in [2.75, 3.05) is 46.3 Å². The summed E-state index contributed by atoms with van der Waals surface area (Å²) in [6.07, 6.45) is 2.22. The molecule has 8 nitrogen and oxygen atoms in total. The molecule has 0 spiro atoms. The fraction of sp³-hybridized carbons (Fsp3) is 0.824. The Hall–Kier alpha value is -1.83. The lowest BCUT2D eigenvalue weighted by Gasteiger charge is -2.36. The van der Waals surface area contributed by atoms with E-state index in [1.807, 2.05) is 20.8 Å². The van der Waals surface area contributed by atoms with Gasteiger partial charge in [-0.15, -0.1) is 0 Å². The first-order valence-electron chi connectivity index (χ1n) is 8.96. The predicted molar refractivity (Wildman–Crippen MR) is 96.4 cm³/mol. The molecule has 1 aliphatic heterocycles. The molecular formula is C17H31N5O3. The van der Waals surface area contributed by atoms with E-state index in [-0.39, 0.29) is 18.4 Å². The molecule has 142 valence electrons. The lowest BCUT2D eigenvalue weighted by Crippen LogP contribution is -2.54. The van der Waals surface area contributed by atoms with E-state index in [9.17, 15) is 9.59 Å². The van der Waals surface area contributed by atoms with Crippen LogP contribution in [0.25, 0.3) is 0 Å². The molecule has 0 unspecified atom stereocenters. The first kappa shape index (κ1) is 19.5. The first-order chi connectivity index (χ1) is 11.8. The smallest absolute Gasteiger partial charge is 0.325 e. The highest BCUT2D eigenvalue weighted by Gasteiger charge is 2.26. The minimum Gasteiger partial charge on any atom is -0.459 e. The number of hydrogen-bond donors (Lipinski definition) is 2. The Morgan fingerprint density at radius 2 is 1.80 bits per heavy atom. The van der Waals surface area contributed by atoms with Crippen LogP contribution in [-0.4, -0.2) is 85.6 Å². The lowest BCUT2D eigenvalue weighted by molar-refractivity contribution is -0.153. The molecule has 1 saturated heterocycles. The average Bonchev–Trinajstić information content (AvgIpc) is 3.31. The van der Waals surface area contributed by atoms with Gasteiger partial charge in [-0.3, -0.25) is 19.5 Å². The summed E-state index contributed by atoms with van der Waals surface area (Å²) >= 11 is 0. The van der Waals surface area contributed by atoms with Gasteiger partial charge in [0.25, 0.3) is 0 Å². The molecule has 2 fully saturated rings. The first-order valence-corrected chi connectivity index (χ1v) is 8.96. The highest BCUT2D eigenvalue weighted by Crippen LogP contribution is 2.18. The maximum Gasteiger partial charge on any atom is 0.325 e. The van der Waals surface area contributed by atoms with Gasteiger partial charge >= 0.3 is 5.97 Å². The topological polar surface area (TPSA) is 86.3 Å². The molecule has 2 N–H and O–H groups in total. The number of carbonyl (C=O) groups excluding carboxylic acids is 2. The van der Waals surface area contributed by atoms with E-state index in [4.69, 9.17) is 4.74 Å². The third-order valence-corrected chi connectivity index (χ3v) is 4.00. The summed E-state index contributed by atoms with van der Waals surface area (Å²) in [6.45, 7) is 9.21. The Balaban J connectivity index is 1.70. The summed E-state index contributed by atoms with van der Waals surface area (Å²) in [4.78, 5) is 32.2. The number of guanidine groups is 1. The fourth-order valence-corrected chi connectivity index (χ4v) is 2.68. The molecule has 0 atom stereocenters. The van der Waals surface area contributed by atoms with Crippen molar-refractivity contribution >= 4 is 17.8 Å². The Kier molecular flexibility index (Phi) is 6.64. The van der Waals surface area contributed by atoms with Crippen molar-refractivity contribution in [1.29, 1.82) is 0 Å². The van der Waals surface area contributed by atoms with Crippen LogP contribution in [0.5, 0.6) is 0 Å². The molecule has 2 rings (SSSR count). The molecule has 1 amide bonds. The predicted octanol–water partition coefficient (Wildman–Crippen LogP) is -0.200. The van der Waals surface area contributed by atoms with E-state index in [0.717, 1.165) is 39.0 Å². The number of nitrogens with one attached hydrogen (secondary N) is 2. The van der Waals surface area contributed by atoms with E-state index in [0.29, 0.717) is 18.5 Å². The van der Waals surface area contributed by atoms with Gasteiger partial charge in [0.15, 0.2) is 5.96 Å². The Labute approximate surface area is 150 Å². The second kappa shape index (κ2) is 8.51. The van der Waals surface area contributed by atoms with E-state index >= 15 is 0 Å². The van der Waals surface area contributed by atoms with Gasteiger partial charge < -0.3 is 20.3 Å². The molecule has 1 aliphatic carbocycles. The minimum atomic E-state index is -0.491. The van der Waals surface area contributed by atoms with Crippen LogP contribution in [0.15, 0.2) is 4.99 Å². The van der Waals surface area contributed by atoms with Gasteiger partial charge in [0.05, 0.1) is 6.54 Å². The second-order valence-electron chi connectivity index (χ2n) is 7.59. The van der Waals surface area contributed by atoms with Crippen molar-refractivity contribution in [1.82, 2.24) is 20.4 Å². The maximum atomic E-state index is 11.9. The third kappa shape index (κ3) is 7.29. The summed E-state index contributed by atoms with van der Waals surface area (Å²) < 4.78 is 5.29. The minimum absolute atomic E-state index is 0.0912. The van der Waals surface area contributed by atoms with Gasteiger partial charge in [-0.2, -0.15) is 0 Å². The number of ether oxygens (including phenoxy) is 1. The van der Waals surface area contributed by atoms with Crippen LogP contribution in [-0.2, 0) is 14.3 Å². The van der Waals surface area contributed by atoms with Gasteiger partial charge in [-0.25, -0.2) is 0 Å². The summed E-state index contributed by atoms with van der Waals surface area (Å²) in [5.74, 6) is 0.500. The molecule has 25 heavy (non-hydrogen) atoms. The molecule has 0 aromatic carbocycles. The number of carbonyl (C=O) groups is 2. The monoisotopic (exact) mass is 353 g/mol. The van der Waals surface area contributed by atoms with Crippen molar-refractivity contribution in [3.8, 4) is 0 Å². The largest absolute Gasteiger partial charge is 0.459 e. The summed E-state index contributed by atoms with van der Waals surface area (Å²) in [5.41, 5.74) is -0.491. The van der Waals surface area contributed by atoms with Crippen LogP contribution in [0, 0.1) is 0 Å². The third-order valence-electron chi connectivity index (χ3n) is 4.00. The van der Waals surface area contributed by atoms with Crippen LogP contribution in [0.4, 0.5) is 0 Å². The molecule has 0 bridgehead atoms. The molecule has 0 aromatic rings. The second-order valence-corrected chi connectivity index (χ2v) is 7.59. The van der Waals surface area contributed by atoms with Crippen molar-refractivity contribution in [3.63, 3.8) is 0 Å². The van der Waals surface area contributed by atoms with E-state index in [2.05, 4.69) is 25.4 Å². The van der Waals surface area contributed by atoms with E-state index in [1.54, 1.807) is 7.05 Å². The quantitative estimate of drug-likeness (QED) is 0.404. The van der Waals surface area contributed by atoms with Crippen molar-refractivity contribution in [3.05, 3.63) is 0 Å². The molecule has 0 radical (unpaired) electrons. The zero-order chi connectivity index (χ0) is 18.4. The standard InChI is InChI=1S/C17H31N5O3/c1-17(2,3)25-15(24)11-19-16(18-4)22-9-7-21(8-10-22)12-14(23)20-13-5-6-13/h13H,5-12H2,1-4H3,(H,18,19)(H,20,23). The maximum absolute atomic E-state index is 11.9. The SMILES string of the molecule is CN=C(NCC(=O)OC(C)(C)C)N1CCN(CC(=O)NC2CC2)CC1. The van der Waals surface area contributed by atoms with Crippen LogP contribution in [0.2, 0.25) is 0 Å². The van der Waals surface area contributed by atoms with Gasteiger partial charge in [0.1, 0.15) is 12.1 Å². The Morgan fingerprint density at radius 3 is 2.32 bits per heavy atom. The Bertz CT molecular complexity index is 503. The zero-order valence-corrected chi connectivity index (χ0v) is 15.8. The zero-order valence-electron chi connectivity index (χ0n) is 15.8. The number of esters is 1. The van der Waals surface area contributed by atoms with Crippen LogP contribution < -0.4 is 10.6 Å². The van der Waals surface area contributed by atoms with Crippen LogP contribution >= 0.6 is 0 Å². The fourth-order valence-electron chi connectivity index (χ4n) is 2.68. The van der Waals surface area contributed by atoms with Gasteiger partial charge in [-0.1, -0.05) is 0 Å². The number of aliphatic imine (C=N–C) groups is 1. The highest BCUT2D eigenvalue weighted by molar-refractivity contribution is 5.84. The molecular weight excluding hydrogens is 322 g/mol. The van der Waals surface area contributed by atoms with E-state index < -0.39 is 5.60 Å². The number of amides is 1. The lowest BCUT2D eigenvalue weighted by atomic mass is 10.2. The number of rotatable bonds is 5. The summed E-state index contributed by atoms with van der Waals surface area (Å²) in [7, 11) is 1.70. The van der Waals surface area contributed by atoms with Crippen molar-refractivity contribution < 1.29 is 14.3 Å². The van der Waals surface area contributed by atoms with Crippen LogP contribution in [0.3, 0.4) is 0 Å². The molecule has 8 heteroatoms. The number of hydrogen-bond acceptors (Lipinski definition) is 5. The molecule has 1 heterocycles. The van der Waals surface area contributed by atoms with Crippen molar-refractivity contribution in [2.45, 2.75) is 45.3 Å². The summed E-state index contributed by atoms with van der Waals surface area (Å²) in [5, 5.41) is 6.07. The van der Waals surface area contributed by atoms with E-state index in [1.165, 1.54) is 0 Å². The van der Waals surface area contributed by atoms with Gasteiger partial charge in [-0.05, 0) is 33.6 Å². The summed E-state index contributed by atoms with van der Waals surface area (Å²) in [6, 6.07) is 0.407. The van der Waals surface area contributed by atoms with Gasteiger partial charge in [0, 0.05) is 39.3 Å². The van der Waals surface area contributed by atoms with Gasteiger partial charge in [0.2, 0.25) is 5.91 Å². The molecule has 2 aliphatic rings. The highest BCUT2D eigenvalue weighted by atomic mass is 16.6. The molecule has 1 saturated carbocycles. The van der Waals surface area contributed by atoms with Crippen molar-refractivity contribution in [2.24, 2.45) is 4.99 Å². The van der Waals surface area contributed by atoms with Crippen LogP contribution in [0.1, 0.15) is 33.6 Å². The number of nitrogens with zero attached hydrogens (tertiary/aromatic N) is 3.